The number of halogens is 3. The molecule has 0 aliphatic carbocycles. The molecule has 0 spiro atoms. The minimum absolute atomic E-state index is 0.183. The fraction of sp³-hybridized carbons (Fsp3) is 0.538. The van der Waals surface area contributed by atoms with E-state index >= 15 is 0 Å². The Hall–Kier alpha value is -1.43. The van der Waals surface area contributed by atoms with Gasteiger partial charge in [0.2, 0.25) is 0 Å². The summed E-state index contributed by atoms with van der Waals surface area (Å²) in [7, 11) is 0. The van der Waals surface area contributed by atoms with Crippen LogP contribution in [0.15, 0.2) is 18.2 Å². The van der Waals surface area contributed by atoms with E-state index in [4.69, 9.17) is 5.73 Å². The topological polar surface area (TPSA) is 58.3 Å². The summed E-state index contributed by atoms with van der Waals surface area (Å²) >= 11 is 0. The Morgan fingerprint density at radius 2 is 1.95 bits per heavy atom. The molecule has 0 aromatic heterocycles. The third-order valence-electron chi connectivity index (χ3n) is 2.82. The molecule has 1 unspecified atom stereocenters. The number of alkyl halides is 3. The van der Waals surface area contributed by atoms with Crippen molar-refractivity contribution in [2.45, 2.75) is 38.5 Å². The summed E-state index contributed by atoms with van der Waals surface area (Å²) in [4.78, 5) is 0. The van der Waals surface area contributed by atoms with Crippen molar-refractivity contribution >= 4 is 11.4 Å². The van der Waals surface area contributed by atoms with Crippen LogP contribution in [0.3, 0.4) is 0 Å². The van der Waals surface area contributed by atoms with E-state index in [-0.39, 0.29) is 17.9 Å². The Balaban J connectivity index is 2.81. The average molecular weight is 276 g/mol. The van der Waals surface area contributed by atoms with Crippen LogP contribution in [0.25, 0.3) is 0 Å². The first-order valence-corrected chi connectivity index (χ1v) is 6.09. The van der Waals surface area contributed by atoms with E-state index in [1.165, 1.54) is 12.1 Å². The molecule has 4 N–H and O–H groups in total. The minimum Gasteiger partial charge on any atom is -0.398 e. The molecular weight excluding hydrogens is 257 g/mol. The SMILES string of the molecule is CCCC(C)(O)CNc1ccc(N)c(C(F)(F)F)c1. The van der Waals surface area contributed by atoms with Crippen LogP contribution in [0.2, 0.25) is 0 Å². The molecule has 0 radical (unpaired) electrons. The molecule has 0 saturated carbocycles. The third kappa shape index (κ3) is 4.63. The van der Waals surface area contributed by atoms with Gasteiger partial charge in [0.05, 0.1) is 11.2 Å². The van der Waals surface area contributed by atoms with E-state index in [2.05, 4.69) is 5.32 Å². The summed E-state index contributed by atoms with van der Waals surface area (Å²) < 4.78 is 38.0. The summed E-state index contributed by atoms with van der Waals surface area (Å²) in [5.74, 6) is 0. The smallest absolute Gasteiger partial charge is 0.398 e. The zero-order chi connectivity index (χ0) is 14.7. The number of nitrogen functional groups attached to an aromatic ring is 1. The molecule has 1 aromatic rings. The van der Waals surface area contributed by atoms with Gasteiger partial charge in [-0.1, -0.05) is 13.3 Å². The van der Waals surface area contributed by atoms with Gasteiger partial charge in [-0.2, -0.15) is 13.2 Å². The van der Waals surface area contributed by atoms with Gasteiger partial charge in [-0.05, 0) is 31.5 Å². The fourth-order valence-corrected chi connectivity index (χ4v) is 1.83. The van der Waals surface area contributed by atoms with Gasteiger partial charge in [0.15, 0.2) is 0 Å². The highest BCUT2D eigenvalue weighted by Gasteiger charge is 2.33. The van der Waals surface area contributed by atoms with Gasteiger partial charge in [-0.3, -0.25) is 0 Å². The molecule has 0 aliphatic heterocycles. The first kappa shape index (κ1) is 15.6. The molecule has 0 heterocycles. The van der Waals surface area contributed by atoms with Crippen LogP contribution in [0.1, 0.15) is 32.3 Å². The largest absolute Gasteiger partial charge is 0.418 e. The fourth-order valence-electron chi connectivity index (χ4n) is 1.83. The Bertz CT molecular complexity index is 430. The molecule has 108 valence electrons. The lowest BCUT2D eigenvalue weighted by Gasteiger charge is -2.24. The second-order valence-corrected chi connectivity index (χ2v) is 4.90. The van der Waals surface area contributed by atoms with Crippen LogP contribution in [0.5, 0.6) is 0 Å². The van der Waals surface area contributed by atoms with Crippen molar-refractivity contribution in [1.29, 1.82) is 0 Å². The summed E-state index contributed by atoms with van der Waals surface area (Å²) in [5.41, 5.74) is 3.47. The quantitative estimate of drug-likeness (QED) is 0.723. The van der Waals surface area contributed by atoms with E-state index in [0.717, 1.165) is 12.5 Å². The van der Waals surface area contributed by atoms with Crippen LogP contribution in [-0.4, -0.2) is 17.3 Å². The zero-order valence-corrected chi connectivity index (χ0v) is 11.0. The molecule has 0 bridgehead atoms. The highest BCUT2D eigenvalue weighted by molar-refractivity contribution is 5.58. The van der Waals surface area contributed by atoms with Gasteiger partial charge in [-0.15, -0.1) is 0 Å². The lowest BCUT2D eigenvalue weighted by Crippen LogP contribution is -2.33. The van der Waals surface area contributed by atoms with Gasteiger partial charge < -0.3 is 16.2 Å². The predicted octanol–water partition coefficient (Wildman–Crippen LogP) is 3.25. The number of rotatable bonds is 5. The average Bonchev–Trinajstić information content (AvgIpc) is 2.26. The van der Waals surface area contributed by atoms with E-state index in [9.17, 15) is 18.3 Å². The lowest BCUT2D eigenvalue weighted by molar-refractivity contribution is -0.136. The molecule has 1 rings (SSSR count). The van der Waals surface area contributed by atoms with Crippen LogP contribution in [0.4, 0.5) is 24.5 Å². The number of hydrogen-bond donors (Lipinski definition) is 3. The maximum Gasteiger partial charge on any atom is 0.418 e. The Morgan fingerprint density at radius 3 is 2.47 bits per heavy atom. The monoisotopic (exact) mass is 276 g/mol. The Kier molecular flexibility index (Phi) is 4.68. The second-order valence-electron chi connectivity index (χ2n) is 4.90. The first-order chi connectivity index (χ1) is 8.65. The van der Waals surface area contributed by atoms with Crippen LogP contribution >= 0.6 is 0 Å². The highest BCUT2D eigenvalue weighted by Crippen LogP contribution is 2.35. The maximum absolute atomic E-state index is 12.7. The summed E-state index contributed by atoms with van der Waals surface area (Å²) in [6.45, 7) is 3.76. The summed E-state index contributed by atoms with van der Waals surface area (Å²) in [5, 5.41) is 12.8. The number of anilines is 2. The Morgan fingerprint density at radius 1 is 1.32 bits per heavy atom. The molecule has 3 nitrogen and oxygen atoms in total. The molecule has 0 amide bonds. The van der Waals surface area contributed by atoms with Crippen LogP contribution in [0, 0.1) is 0 Å². The van der Waals surface area contributed by atoms with Gasteiger partial charge in [0, 0.05) is 17.9 Å². The number of hydrogen-bond acceptors (Lipinski definition) is 3. The van der Waals surface area contributed by atoms with E-state index < -0.39 is 17.3 Å². The van der Waals surface area contributed by atoms with Crippen molar-refractivity contribution in [3.8, 4) is 0 Å². The Labute approximate surface area is 110 Å². The van der Waals surface area contributed by atoms with Crippen molar-refractivity contribution < 1.29 is 18.3 Å². The molecule has 1 atom stereocenters. The van der Waals surface area contributed by atoms with Crippen LogP contribution < -0.4 is 11.1 Å². The van der Waals surface area contributed by atoms with Crippen LogP contribution in [-0.2, 0) is 6.18 Å². The number of nitrogens with one attached hydrogen (secondary N) is 1. The van der Waals surface area contributed by atoms with Crippen molar-refractivity contribution in [2.24, 2.45) is 0 Å². The molecule has 0 fully saturated rings. The zero-order valence-electron chi connectivity index (χ0n) is 11.0. The van der Waals surface area contributed by atoms with Gasteiger partial charge >= 0.3 is 6.18 Å². The number of aliphatic hydroxyl groups is 1. The van der Waals surface area contributed by atoms with Crippen molar-refractivity contribution in [3.63, 3.8) is 0 Å². The van der Waals surface area contributed by atoms with Crippen molar-refractivity contribution in [3.05, 3.63) is 23.8 Å². The van der Waals surface area contributed by atoms with E-state index in [0.29, 0.717) is 6.42 Å². The second kappa shape index (κ2) is 5.69. The molecule has 19 heavy (non-hydrogen) atoms. The predicted molar refractivity (Wildman–Crippen MR) is 69.9 cm³/mol. The van der Waals surface area contributed by atoms with Gasteiger partial charge in [0.25, 0.3) is 0 Å². The number of benzene rings is 1. The third-order valence-corrected chi connectivity index (χ3v) is 2.82. The summed E-state index contributed by atoms with van der Waals surface area (Å²) in [6.07, 6.45) is -3.11. The maximum atomic E-state index is 12.7. The molecule has 6 heteroatoms. The molecule has 1 aromatic carbocycles. The van der Waals surface area contributed by atoms with Crippen molar-refractivity contribution in [2.75, 3.05) is 17.6 Å². The minimum atomic E-state index is -4.48. The standard InChI is InChI=1S/C13H19F3N2O/c1-3-6-12(2,19)8-18-9-4-5-11(17)10(7-9)13(14,15)16/h4-5,7,18-19H,3,6,8,17H2,1-2H3. The van der Waals surface area contributed by atoms with E-state index in [1.807, 2.05) is 6.92 Å². The highest BCUT2D eigenvalue weighted by atomic mass is 19.4. The molecular formula is C13H19F3N2O. The normalized spacial score (nSPS) is 15.1. The molecule has 0 saturated heterocycles. The number of nitrogens with two attached hydrogens (primary N) is 1. The first-order valence-electron chi connectivity index (χ1n) is 6.09. The summed E-state index contributed by atoms with van der Waals surface area (Å²) in [6, 6.07) is 3.63. The lowest BCUT2D eigenvalue weighted by atomic mass is 10.0. The van der Waals surface area contributed by atoms with Gasteiger partial charge in [-0.25, -0.2) is 0 Å². The molecule has 0 aliphatic rings. The van der Waals surface area contributed by atoms with E-state index in [1.54, 1.807) is 6.92 Å². The van der Waals surface area contributed by atoms with Gasteiger partial charge in [0.1, 0.15) is 0 Å². The van der Waals surface area contributed by atoms with Crippen molar-refractivity contribution in [1.82, 2.24) is 0 Å².